The molecule has 0 radical (unpaired) electrons. The van der Waals surface area contributed by atoms with Gasteiger partial charge in [0.1, 0.15) is 11.4 Å². The number of rotatable bonds is 8. The Balaban J connectivity index is 0. The first-order chi connectivity index (χ1) is 14.9. The highest BCUT2D eigenvalue weighted by Gasteiger charge is 2.21. The minimum atomic E-state index is -0.328. The van der Waals surface area contributed by atoms with E-state index >= 15 is 0 Å². The summed E-state index contributed by atoms with van der Waals surface area (Å²) in [6.45, 7) is 17.0. The first kappa shape index (κ1) is 31.7. The van der Waals surface area contributed by atoms with Gasteiger partial charge in [-0.25, -0.2) is 4.39 Å². The van der Waals surface area contributed by atoms with E-state index < -0.39 is 0 Å². The largest absolute Gasteiger partial charge is 0.460 e. The van der Waals surface area contributed by atoms with Crippen LogP contribution >= 0.6 is 0 Å². The van der Waals surface area contributed by atoms with Crippen LogP contribution in [0.2, 0.25) is 0 Å². The van der Waals surface area contributed by atoms with Crippen LogP contribution in [0.3, 0.4) is 0 Å². The molecule has 0 heterocycles. The van der Waals surface area contributed by atoms with Gasteiger partial charge in [-0.05, 0) is 57.4 Å². The number of allylic oxidation sites excluding steroid dienone is 1. The molecule has 0 fully saturated rings. The Hall–Kier alpha value is -2.50. The smallest absolute Gasteiger partial charge is 0.303 e. The summed E-state index contributed by atoms with van der Waals surface area (Å²) in [5.74, 6) is -0.822. The second-order valence-corrected chi connectivity index (χ2v) is 8.11. The summed E-state index contributed by atoms with van der Waals surface area (Å²) in [6, 6.07) is 6.00. The van der Waals surface area contributed by atoms with Crippen molar-refractivity contribution >= 4 is 17.7 Å². The highest BCUT2D eigenvalue weighted by atomic mass is 19.1. The molecule has 1 rings (SSSR count). The molecule has 1 atom stereocenters. The van der Waals surface area contributed by atoms with E-state index in [1.807, 2.05) is 55.4 Å². The second-order valence-electron chi connectivity index (χ2n) is 8.11. The molecule has 182 valence electrons. The Bertz CT molecular complexity index is 706. The number of carbonyl (C=O) groups excluding carboxylic acids is 3. The number of halogens is 1. The number of amides is 1. The monoisotopic (exact) mass is 451 g/mol. The standard InChI is InChI=1S/C18H24FNO2.C6H12O2.C2H6/c1-4-6-7-17(21)13-20(18(22)14(3)5-2)12-15-8-10-16(19)11-9-15;1-5(7)8-6(2,3)4;1-2/h6-11,14H,4-5,12-13H2,1-3H3;1-4H3;1-2H3/b7-6-;;/t14-;;/m1../s1. The van der Waals surface area contributed by atoms with E-state index in [0.29, 0.717) is 6.54 Å². The average Bonchev–Trinajstić information content (AvgIpc) is 2.72. The van der Waals surface area contributed by atoms with Crippen LogP contribution in [-0.2, 0) is 25.7 Å². The first-order valence-electron chi connectivity index (χ1n) is 11.3. The normalized spacial score (nSPS) is 11.4. The van der Waals surface area contributed by atoms with Crippen molar-refractivity contribution in [2.24, 2.45) is 5.92 Å². The first-order valence-corrected chi connectivity index (χ1v) is 11.3. The molecule has 0 saturated heterocycles. The zero-order chi connectivity index (χ0) is 25.3. The van der Waals surface area contributed by atoms with Gasteiger partial charge in [0, 0.05) is 19.4 Å². The van der Waals surface area contributed by atoms with E-state index in [-0.39, 0.29) is 41.5 Å². The minimum Gasteiger partial charge on any atom is -0.460 e. The van der Waals surface area contributed by atoms with Crippen molar-refractivity contribution in [3.63, 3.8) is 0 Å². The van der Waals surface area contributed by atoms with Crippen LogP contribution in [0, 0.1) is 11.7 Å². The van der Waals surface area contributed by atoms with Crippen LogP contribution < -0.4 is 0 Å². The maximum absolute atomic E-state index is 13.0. The number of ether oxygens (including phenoxy) is 1. The molecule has 0 spiro atoms. The molecule has 5 nitrogen and oxygen atoms in total. The summed E-state index contributed by atoms with van der Waals surface area (Å²) in [5.41, 5.74) is 0.483. The van der Waals surface area contributed by atoms with Crippen molar-refractivity contribution in [3.8, 4) is 0 Å². The fourth-order valence-electron chi connectivity index (χ4n) is 2.43. The van der Waals surface area contributed by atoms with Gasteiger partial charge in [-0.15, -0.1) is 0 Å². The van der Waals surface area contributed by atoms with Gasteiger partial charge in [-0.2, -0.15) is 0 Å². The molecule has 1 aromatic carbocycles. The SMILES string of the molecule is CC.CC(=O)OC(C)(C)C.CC/C=C\C(=O)CN(Cc1ccc(F)cc1)C(=O)[C@H](C)CC. The summed E-state index contributed by atoms with van der Waals surface area (Å²) in [7, 11) is 0. The summed E-state index contributed by atoms with van der Waals surface area (Å²) >= 11 is 0. The van der Waals surface area contributed by atoms with Gasteiger partial charge in [-0.1, -0.05) is 52.8 Å². The molecule has 0 aromatic heterocycles. The lowest BCUT2D eigenvalue weighted by Crippen LogP contribution is -2.38. The highest BCUT2D eigenvalue weighted by molar-refractivity contribution is 5.94. The average molecular weight is 452 g/mol. The molecular weight excluding hydrogens is 409 g/mol. The Morgan fingerprint density at radius 2 is 1.62 bits per heavy atom. The van der Waals surface area contributed by atoms with Crippen molar-refractivity contribution in [1.29, 1.82) is 0 Å². The Morgan fingerprint density at radius 3 is 2.00 bits per heavy atom. The summed E-state index contributed by atoms with van der Waals surface area (Å²) in [4.78, 5) is 36.1. The molecule has 0 aliphatic heterocycles. The van der Waals surface area contributed by atoms with Gasteiger partial charge in [0.15, 0.2) is 5.78 Å². The molecule has 0 aliphatic rings. The zero-order valence-electron chi connectivity index (χ0n) is 21.3. The molecule has 32 heavy (non-hydrogen) atoms. The summed E-state index contributed by atoms with van der Waals surface area (Å²) in [5, 5.41) is 0. The summed E-state index contributed by atoms with van der Waals surface area (Å²) in [6.07, 6.45) is 4.80. The van der Waals surface area contributed by atoms with Crippen LogP contribution in [0.1, 0.15) is 80.7 Å². The van der Waals surface area contributed by atoms with Crippen molar-refractivity contribution in [1.82, 2.24) is 4.90 Å². The number of ketones is 1. The van der Waals surface area contributed by atoms with Crippen LogP contribution in [0.25, 0.3) is 0 Å². The predicted octanol–water partition coefficient (Wildman–Crippen LogP) is 6.11. The van der Waals surface area contributed by atoms with E-state index in [1.54, 1.807) is 23.1 Å². The van der Waals surface area contributed by atoms with E-state index in [2.05, 4.69) is 0 Å². The van der Waals surface area contributed by atoms with Gasteiger partial charge >= 0.3 is 5.97 Å². The maximum Gasteiger partial charge on any atom is 0.303 e. The Labute approximate surface area is 194 Å². The third-order valence-electron chi connectivity index (χ3n) is 3.97. The lowest BCUT2D eigenvalue weighted by atomic mass is 10.1. The van der Waals surface area contributed by atoms with Crippen LogP contribution in [-0.4, -0.2) is 34.7 Å². The lowest BCUT2D eigenvalue weighted by molar-refractivity contribution is -0.151. The third-order valence-corrected chi connectivity index (χ3v) is 3.97. The molecule has 0 bridgehead atoms. The fourth-order valence-corrected chi connectivity index (χ4v) is 2.43. The third kappa shape index (κ3) is 16.2. The van der Waals surface area contributed by atoms with E-state index in [0.717, 1.165) is 18.4 Å². The van der Waals surface area contributed by atoms with Gasteiger partial charge < -0.3 is 9.64 Å². The topological polar surface area (TPSA) is 63.7 Å². The number of benzene rings is 1. The van der Waals surface area contributed by atoms with Gasteiger partial charge in [0.05, 0.1) is 6.54 Å². The number of hydrogen-bond acceptors (Lipinski definition) is 4. The van der Waals surface area contributed by atoms with Gasteiger partial charge in [-0.3, -0.25) is 14.4 Å². The second kappa shape index (κ2) is 17.1. The molecule has 0 N–H and O–H groups in total. The Morgan fingerprint density at radius 1 is 1.09 bits per heavy atom. The van der Waals surface area contributed by atoms with E-state index in [4.69, 9.17) is 4.74 Å². The van der Waals surface area contributed by atoms with Crippen molar-refractivity contribution in [2.45, 2.75) is 87.3 Å². The molecule has 1 amide bonds. The summed E-state index contributed by atoms with van der Waals surface area (Å²) < 4.78 is 17.8. The van der Waals surface area contributed by atoms with Crippen molar-refractivity contribution in [2.75, 3.05) is 6.54 Å². The zero-order valence-corrected chi connectivity index (χ0v) is 21.3. The molecule has 0 saturated carbocycles. The van der Waals surface area contributed by atoms with Crippen LogP contribution in [0.15, 0.2) is 36.4 Å². The highest BCUT2D eigenvalue weighted by Crippen LogP contribution is 2.12. The van der Waals surface area contributed by atoms with E-state index in [9.17, 15) is 18.8 Å². The van der Waals surface area contributed by atoms with Gasteiger partial charge in [0.25, 0.3) is 0 Å². The quantitative estimate of drug-likeness (QED) is 0.353. The van der Waals surface area contributed by atoms with Crippen LogP contribution in [0.5, 0.6) is 0 Å². The number of hydrogen-bond donors (Lipinski definition) is 0. The Kier molecular flexibility index (Phi) is 16.9. The van der Waals surface area contributed by atoms with Crippen LogP contribution in [0.4, 0.5) is 4.39 Å². The molecule has 0 aliphatic carbocycles. The number of esters is 1. The molecule has 6 heteroatoms. The molecule has 1 aromatic rings. The van der Waals surface area contributed by atoms with Crippen molar-refractivity contribution < 1.29 is 23.5 Å². The predicted molar refractivity (Wildman–Crippen MR) is 129 cm³/mol. The molecular formula is C26H42FNO4. The maximum atomic E-state index is 13.0. The van der Waals surface area contributed by atoms with E-state index in [1.165, 1.54) is 25.1 Å². The lowest BCUT2D eigenvalue weighted by Gasteiger charge is -2.24. The van der Waals surface area contributed by atoms with Gasteiger partial charge in [0.2, 0.25) is 5.91 Å². The van der Waals surface area contributed by atoms with Crippen molar-refractivity contribution in [3.05, 3.63) is 47.8 Å². The number of nitrogens with zero attached hydrogens (tertiary/aromatic N) is 1. The molecule has 0 unspecified atom stereocenters. The minimum absolute atomic E-state index is 0.0509. The number of carbonyl (C=O) groups is 3. The fraction of sp³-hybridized carbons (Fsp3) is 0.577.